The monoisotopic (exact) mass is 469 g/mol. The normalized spacial score (nSPS) is 20.9. The second-order valence-corrected chi connectivity index (χ2v) is 10.5. The number of carbonyl (C=O) groups is 1. The SMILES string of the molecule is Cc1cc(COc2ccc(S(=O)(=O)N(O)[C@@H]3CCC[C@]3(C)C(N)=O)cc2)c2ccccc2n1. The molecule has 1 heterocycles. The van der Waals surface area contributed by atoms with E-state index in [9.17, 15) is 18.4 Å². The number of hydrogen-bond donors (Lipinski definition) is 2. The zero-order valence-electron chi connectivity index (χ0n) is 18.6. The molecule has 1 aliphatic carbocycles. The molecule has 0 aliphatic heterocycles. The van der Waals surface area contributed by atoms with E-state index in [2.05, 4.69) is 4.98 Å². The fraction of sp³-hybridized carbons (Fsp3) is 0.333. The quantitative estimate of drug-likeness (QED) is 0.510. The van der Waals surface area contributed by atoms with Gasteiger partial charge in [0.25, 0.3) is 10.0 Å². The zero-order valence-corrected chi connectivity index (χ0v) is 19.4. The van der Waals surface area contributed by atoms with Gasteiger partial charge in [-0.2, -0.15) is 0 Å². The predicted molar refractivity (Wildman–Crippen MR) is 123 cm³/mol. The molecule has 1 saturated carbocycles. The summed E-state index contributed by atoms with van der Waals surface area (Å²) in [5.74, 6) is -0.137. The van der Waals surface area contributed by atoms with Gasteiger partial charge < -0.3 is 10.5 Å². The standard InChI is InChI=1S/C24H27N3O5S/c1-16-14-17(20-6-3-4-7-21(20)26-16)15-32-18-9-11-19(12-10-18)33(30,31)27(29)22-8-5-13-24(22,2)23(25)28/h3-4,6-7,9-12,14,22,29H,5,8,13,15H2,1-2H3,(H2,25,28)/t22-,24+/m1/s1. The number of benzene rings is 2. The molecule has 2 aromatic carbocycles. The maximum atomic E-state index is 13.0. The van der Waals surface area contributed by atoms with Gasteiger partial charge in [-0.15, -0.1) is 0 Å². The van der Waals surface area contributed by atoms with E-state index < -0.39 is 27.4 Å². The van der Waals surface area contributed by atoms with Crippen molar-refractivity contribution in [1.29, 1.82) is 0 Å². The summed E-state index contributed by atoms with van der Waals surface area (Å²) in [7, 11) is -4.23. The summed E-state index contributed by atoms with van der Waals surface area (Å²) >= 11 is 0. The smallest absolute Gasteiger partial charge is 0.265 e. The lowest BCUT2D eigenvalue weighted by molar-refractivity contribution is -0.135. The van der Waals surface area contributed by atoms with Crippen molar-refractivity contribution in [3.8, 4) is 5.75 Å². The van der Waals surface area contributed by atoms with E-state index in [1.165, 1.54) is 12.1 Å². The average molecular weight is 470 g/mol. The van der Waals surface area contributed by atoms with E-state index in [0.717, 1.165) is 22.2 Å². The number of hydroxylamine groups is 1. The molecule has 1 amide bonds. The zero-order chi connectivity index (χ0) is 23.8. The van der Waals surface area contributed by atoms with Gasteiger partial charge in [0.1, 0.15) is 12.4 Å². The summed E-state index contributed by atoms with van der Waals surface area (Å²) in [5.41, 5.74) is 7.12. The molecule has 174 valence electrons. The van der Waals surface area contributed by atoms with E-state index in [-0.39, 0.29) is 4.90 Å². The van der Waals surface area contributed by atoms with Crippen LogP contribution in [0.2, 0.25) is 0 Å². The van der Waals surface area contributed by atoms with Crippen LogP contribution in [0, 0.1) is 12.3 Å². The third-order valence-corrected chi connectivity index (χ3v) is 8.05. The number of amides is 1. The summed E-state index contributed by atoms with van der Waals surface area (Å²) in [6.45, 7) is 3.80. The molecule has 1 aliphatic rings. The van der Waals surface area contributed by atoms with Crippen molar-refractivity contribution in [2.45, 2.75) is 50.7 Å². The number of sulfonamides is 1. The summed E-state index contributed by atoms with van der Waals surface area (Å²) in [5, 5.41) is 11.6. The molecular weight excluding hydrogens is 442 g/mol. The van der Waals surface area contributed by atoms with Crippen LogP contribution in [-0.2, 0) is 21.4 Å². The number of ether oxygens (including phenoxy) is 1. The second kappa shape index (κ2) is 8.74. The molecule has 2 atom stereocenters. The summed E-state index contributed by atoms with van der Waals surface area (Å²) < 4.78 is 32.1. The maximum Gasteiger partial charge on any atom is 0.265 e. The molecule has 3 aromatic rings. The highest BCUT2D eigenvalue weighted by atomic mass is 32.2. The number of hydrogen-bond acceptors (Lipinski definition) is 6. The number of primary amides is 1. The lowest BCUT2D eigenvalue weighted by Crippen LogP contribution is -2.50. The molecule has 1 aromatic heterocycles. The second-order valence-electron chi connectivity index (χ2n) is 8.67. The third kappa shape index (κ3) is 4.31. The Labute approximate surface area is 193 Å². The van der Waals surface area contributed by atoms with Crippen molar-refractivity contribution in [2.75, 3.05) is 0 Å². The van der Waals surface area contributed by atoms with Crippen LogP contribution in [0.25, 0.3) is 10.9 Å². The van der Waals surface area contributed by atoms with Crippen LogP contribution in [0.15, 0.2) is 59.5 Å². The topological polar surface area (TPSA) is 123 Å². The molecule has 1 fully saturated rings. The Kier molecular flexibility index (Phi) is 6.13. The van der Waals surface area contributed by atoms with Crippen molar-refractivity contribution in [3.63, 3.8) is 0 Å². The minimum atomic E-state index is -4.23. The first-order chi connectivity index (χ1) is 15.6. The first kappa shape index (κ1) is 23.2. The van der Waals surface area contributed by atoms with Crippen LogP contribution >= 0.6 is 0 Å². The molecule has 0 bridgehead atoms. The molecule has 0 spiro atoms. The van der Waals surface area contributed by atoms with Crippen molar-refractivity contribution in [1.82, 2.24) is 9.45 Å². The highest BCUT2D eigenvalue weighted by Gasteiger charge is 2.50. The summed E-state index contributed by atoms with van der Waals surface area (Å²) in [6, 6.07) is 14.7. The van der Waals surface area contributed by atoms with Gasteiger partial charge in [-0.05, 0) is 63.1 Å². The third-order valence-electron chi connectivity index (χ3n) is 6.43. The predicted octanol–water partition coefficient (Wildman–Crippen LogP) is 3.55. The Morgan fingerprint density at radius 2 is 1.94 bits per heavy atom. The van der Waals surface area contributed by atoms with Gasteiger partial charge in [0.2, 0.25) is 5.91 Å². The largest absolute Gasteiger partial charge is 0.489 e. The van der Waals surface area contributed by atoms with Crippen LogP contribution in [0.1, 0.15) is 37.4 Å². The number of pyridine rings is 1. The van der Waals surface area contributed by atoms with Gasteiger partial charge in [-0.1, -0.05) is 29.1 Å². The van der Waals surface area contributed by atoms with Crippen LogP contribution in [0.4, 0.5) is 0 Å². The lowest BCUT2D eigenvalue weighted by atomic mass is 9.84. The van der Waals surface area contributed by atoms with Gasteiger partial charge >= 0.3 is 0 Å². The Balaban J connectivity index is 1.51. The van der Waals surface area contributed by atoms with Crippen LogP contribution in [0.5, 0.6) is 5.75 Å². The number of carbonyl (C=O) groups excluding carboxylic acids is 1. The highest BCUT2D eigenvalue weighted by Crippen LogP contribution is 2.42. The van der Waals surface area contributed by atoms with Crippen molar-refractivity contribution < 1.29 is 23.2 Å². The number of nitrogens with zero attached hydrogens (tertiary/aromatic N) is 2. The van der Waals surface area contributed by atoms with E-state index in [1.807, 2.05) is 37.3 Å². The number of fused-ring (bicyclic) bond motifs is 1. The first-order valence-corrected chi connectivity index (χ1v) is 12.2. The van der Waals surface area contributed by atoms with E-state index in [4.69, 9.17) is 10.5 Å². The van der Waals surface area contributed by atoms with Crippen LogP contribution in [0.3, 0.4) is 0 Å². The molecule has 8 nitrogen and oxygen atoms in total. The summed E-state index contributed by atoms with van der Waals surface area (Å²) in [6.07, 6.45) is 1.39. The molecule has 0 saturated heterocycles. The molecule has 0 radical (unpaired) electrons. The van der Waals surface area contributed by atoms with E-state index in [0.29, 0.717) is 36.1 Å². The maximum absolute atomic E-state index is 13.0. The minimum absolute atomic E-state index is 0.0960. The molecule has 33 heavy (non-hydrogen) atoms. The molecule has 0 unspecified atom stereocenters. The Morgan fingerprint density at radius 3 is 2.64 bits per heavy atom. The number of aromatic nitrogens is 1. The fourth-order valence-corrected chi connectivity index (χ4v) is 5.82. The van der Waals surface area contributed by atoms with Crippen molar-refractivity contribution >= 4 is 26.8 Å². The molecule has 4 rings (SSSR count). The number of nitrogens with two attached hydrogens (primary N) is 1. The highest BCUT2D eigenvalue weighted by molar-refractivity contribution is 7.89. The molecule has 3 N–H and O–H groups in total. The van der Waals surface area contributed by atoms with Gasteiger partial charge in [-0.3, -0.25) is 15.0 Å². The van der Waals surface area contributed by atoms with Crippen LogP contribution < -0.4 is 10.5 Å². The first-order valence-electron chi connectivity index (χ1n) is 10.7. The minimum Gasteiger partial charge on any atom is -0.489 e. The Morgan fingerprint density at radius 1 is 1.24 bits per heavy atom. The van der Waals surface area contributed by atoms with E-state index >= 15 is 0 Å². The van der Waals surface area contributed by atoms with Gasteiger partial charge in [-0.25, -0.2) is 8.42 Å². The van der Waals surface area contributed by atoms with Crippen LogP contribution in [-0.4, -0.2) is 35.0 Å². The number of para-hydroxylation sites is 1. The lowest BCUT2D eigenvalue weighted by Gasteiger charge is -2.32. The average Bonchev–Trinajstić information content (AvgIpc) is 3.20. The Hall–Kier alpha value is -3.01. The summed E-state index contributed by atoms with van der Waals surface area (Å²) in [4.78, 5) is 16.3. The van der Waals surface area contributed by atoms with Crippen molar-refractivity contribution in [3.05, 3.63) is 65.9 Å². The fourth-order valence-electron chi connectivity index (χ4n) is 4.45. The molecule has 9 heteroatoms. The van der Waals surface area contributed by atoms with Crippen molar-refractivity contribution in [2.24, 2.45) is 11.1 Å². The van der Waals surface area contributed by atoms with Gasteiger partial charge in [0.15, 0.2) is 0 Å². The van der Waals surface area contributed by atoms with Gasteiger partial charge in [0, 0.05) is 16.6 Å². The number of aryl methyl sites for hydroxylation is 1. The van der Waals surface area contributed by atoms with Gasteiger partial charge in [0.05, 0.1) is 21.9 Å². The van der Waals surface area contributed by atoms with E-state index in [1.54, 1.807) is 19.1 Å². The Bertz CT molecular complexity index is 1290. The number of rotatable bonds is 7. The molecular formula is C24H27N3O5S.